The van der Waals surface area contributed by atoms with Gasteiger partial charge in [-0.25, -0.2) is 0 Å². The van der Waals surface area contributed by atoms with E-state index in [1.807, 2.05) is 13.1 Å². The summed E-state index contributed by atoms with van der Waals surface area (Å²) in [7, 11) is 1.82. The summed E-state index contributed by atoms with van der Waals surface area (Å²) in [5.41, 5.74) is 2.60. The van der Waals surface area contributed by atoms with Gasteiger partial charge in [-0.3, -0.25) is 4.99 Å². The lowest BCUT2D eigenvalue weighted by Crippen LogP contribution is -2.41. The molecule has 0 amide bonds. The molecule has 138 valence electrons. The summed E-state index contributed by atoms with van der Waals surface area (Å²) in [4.78, 5) is 4.37. The van der Waals surface area contributed by atoms with Crippen LogP contribution in [-0.4, -0.2) is 32.7 Å². The van der Waals surface area contributed by atoms with Crippen LogP contribution in [-0.2, 0) is 4.74 Å². The number of nitrogens with zero attached hydrogens (tertiary/aromatic N) is 1. The predicted molar refractivity (Wildman–Crippen MR) is 107 cm³/mol. The van der Waals surface area contributed by atoms with Crippen LogP contribution in [0.5, 0.6) is 0 Å². The first kappa shape index (κ1) is 18.5. The minimum Gasteiger partial charge on any atom is -0.373 e. The van der Waals surface area contributed by atoms with Crippen LogP contribution in [0, 0.1) is 5.92 Å². The van der Waals surface area contributed by atoms with Gasteiger partial charge in [0.1, 0.15) is 0 Å². The van der Waals surface area contributed by atoms with E-state index in [1.165, 1.54) is 11.1 Å². The Labute approximate surface area is 156 Å². The quantitative estimate of drug-likeness (QED) is 0.616. The zero-order valence-corrected chi connectivity index (χ0v) is 15.7. The third-order valence-corrected chi connectivity index (χ3v) is 5.04. The van der Waals surface area contributed by atoms with E-state index < -0.39 is 0 Å². The third kappa shape index (κ3) is 4.85. The molecule has 3 rings (SSSR count). The molecule has 2 N–H and O–H groups in total. The monoisotopic (exact) mass is 351 g/mol. The molecule has 0 radical (unpaired) electrons. The van der Waals surface area contributed by atoms with Crippen molar-refractivity contribution in [3.05, 3.63) is 71.8 Å². The van der Waals surface area contributed by atoms with Gasteiger partial charge in [0.05, 0.1) is 6.10 Å². The summed E-state index contributed by atoms with van der Waals surface area (Å²) in [6.45, 7) is 4.76. The second kappa shape index (κ2) is 9.39. The number of hydrogen-bond donors (Lipinski definition) is 2. The Morgan fingerprint density at radius 3 is 2.46 bits per heavy atom. The summed E-state index contributed by atoms with van der Waals surface area (Å²) in [6, 6.07) is 21.1. The van der Waals surface area contributed by atoms with E-state index in [1.54, 1.807) is 0 Å². The SMILES string of the molecule is CN=C(NCC(C)c1ccccc1)NCC1CCOC1c1ccccc1. The van der Waals surface area contributed by atoms with Gasteiger partial charge >= 0.3 is 0 Å². The number of rotatable bonds is 6. The maximum absolute atomic E-state index is 5.97. The standard InChI is InChI=1S/C22H29N3O/c1-17(18-9-5-3-6-10-18)15-24-22(23-2)25-16-20-13-14-26-21(20)19-11-7-4-8-12-19/h3-12,17,20-21H,13-16H2,1-2H3,(H2,23,24,25). The van der Waals surface area contributed by atoms with Crippen molar-refractivity contribution < 1.29 is 4.74 Å². The number of hydrogen-bond acceptors (Lipinski definition) is 2. The molecule has 4 nitrogen and oxygen atoms in total. The molecule has 0 bridgehead atoms. The lowest BCUT2D eigenvalue weighted by Gasteiger charge is -2.21. The molecule has 0 aliphatic carbocycles. The van der Waals surface area contributed by atoms with Crippen molar-refractivity contribution in [1.29, 1.82) is 0 Å². The summed E-state index contributed by atoms with van der Waals surface area (Å²) in [5.74, 6) is 1.75. The Morgan fingerprint density at radius 1 is 1.08 bits per heavy atom. The topological polar surface area (TPSA) is 45.7 Å². The van der Waals surface area contributed by atoms with Crippen LogP contribution in [0.25, 0.3) is 0 Å². The summed E-state index contributed by atoms with van der Waals surface area (Å²) in [5, 5.41) is 6.92. The second-order valence-corrected chi connectivity index (χ2v) is 6.90. The Bertz CT molecular complexity index is 687. The van der Waals surface area contributed by atoms with E-state index >= 15 is 0 Å². The molecule has 0 spiro atoms. The Morgan fingerprint density at radius 2 is 1.77 bits per heavy atom. The normalized spacial score (nSPS) is 21.4. The van der Waals surface area contributed by atoms with Crippen molar-refractivity contribution in [2.24, 2.45) is 10.9 Å². The Hall–Kier alpha value is -2.33. The molecule has 1 aliphatic heterocycles. The summed E-state index contributed by atoms with van der Waals surface area (Å²) in [6.07, 6.45) is 1.24. The van der Waals surface area contributed by atoms with E-state index in [-0.39, 0.29) is 6.10 Å². The maximum atomic E-state index is 5.97. The van der Waals surface area contributed by atoms with Crippen LogP contribution < -0.4 is 10.6 Å². The van der Waals surface area contributed by atoms with Gasteiger partial charge in [-0.05, 0) is 23.5 Å². The number of ether oxygens (including phenoxy) is 1. The predicted octanol–water partition coefficient (Wildman–Crippen LogP) is 3.73. The van der Waals surface area contributed by atoms with Crippen molar-refractivity contribution in [2.75, 3.05) is 26.7 Å². The van der Waals surface area contributed by atoms with Crippen LogP contribution in [0.4, 0.5) is 0 Å². The highest BCUT2D eigenvalue weighted by Crippen LogP contribution is 2.33. The molecule has 1 saturated heterocycles. The van der Waals surface area contributed by atoms with Crippen molar-refractivity contribution in [3.8, 4) is 0 Å². The summed E-state index contributed by atoms with van der Waals surface area (Å²) >= 11 is 0. The van der Waals surface area contributed by atoms with Gasteiger partial charge in [0.15, 0.2) is 5.96 Å². The molecule has 2 aromatic carbocycles. The minimum atomic E-state index is 0.171. The zero-order chi connectivity index (χ0) is 18.2. The fourth-order valence-corrected chi connectivity index (χ4v) is 3.45. The van der Waals surface area contributed by atoms with E-state index in [4.69, 9.17) is 4.74 Å². The van der Waals surface area contributed by atoms with Gasteiger partial charge in [-0.2, -0.15) is 0 Å². The lowest BCUT2D eigenvalue weighted by atomic mass is 9.95. The van der Waals surface area contributed by atoms with E-state index in [0.29, 0.717) is 11.8 Å². The first-order chi connectivity index (χ1) is 12.8. The largest absolute Gasteiger partial charge is 0.373 e. The fraction of sp³-hybridized carbons (Fsp3) is 0.409. The van der Waals surface area contributed by atoms with Gasteiger partial charge in [0.25, 0.3) is 0 Å². The number of nitrogens with one attached hydrogen (secondary N) is 2. The maximum Gasteiger partial charge on any atom is 0.191 e. The molecule has 2 aromatic rings. The van der Waals surface area contributed by atoms with Crippen LogP contribution >= 0.6 is 0 Å². The first-order valence-electron chi connectivity index (χ1n) is 9.44. The van der Waals surface area contributed by atoms with Gasteiger partial charge in [-0.15, -0.1) is 0 Å². The van der Waals surface area contributed by atoms with E-state index in [9.17, 15) is 0 Å². The minimum absolute atomic E-state index is 0.171. The average molecular weight is 351 g/mol. The Balaban J connectivity index is 1.49. The molecular formula is C22H29N3O. The highest BCUT2D eigenvalue weighted by atomic mass is 16.5. The van der Waals surface area contributed by atoms with Crippen LogP contribution in [0.2, 0.25) is 0 Å². The highest BCUT2D eigenvalue weighted by Gasteiger charge is 2.29. The number of guanidine groups is 1. The van der Waals surface area contributed by atoms with Gasteiger partial charge < -0.3 is 15.4 Å². The molecule has 3 unspecified atom stereocenters. The smallest absolute Gasteiger partial charge is 0.191 e. The number of benzene rings is 2. The second-order valence-electron chi connectivity index (χ2n) is 6.90. The van der Waals surface area contributed by atoms with Crippen LogP contribution in [0.3, 0.4) is 0 Å². The highest BCUT2D eigenvalue weighted by molar-refractivity contribution is 5.79. The van der Waals surface area contributed by atoms with Gasteiger partial charge in [0, 0.05) is 32.7 Å². The van der Waals surface area contributed by atoms with Gasteiger partial charge in [-0.1, -0.05) is 67.6 Å². The summed E-state index contributed by atoms with van der Waals surface area (Å²) < 4.78 is 5.97. The van der Waals surface area contributed by atoms with Crippen molar-refractivity contribution in [1.82, 2.24) is 10.6 Å². The lowest BCUT2D eigenvalue weighted by molar-refractivity contribution is 0.0915. The van der Waals surface area contributed by atoms with Gasteiger partial charge in [0.2, 0.25) is 0 Å². The molecule has 0 aromatic heterocycles. The van der Waals surface area contributed by atoms with E-state index in [2.05, 4.69) is 77.1 Å². The van der Waals surface area contributed by atoms with Crippen molar-refractivity contribution in [2.45, 2.75) is 25.4 Å². The molecule has 4 heteroatoms. The van der Waals surface area contributed by atoms with Crippen molar-refractivity contribution in [3.63, 3.8) is 0 Å². The van der Waals surface area contributed by atoms with Crippen LogP contribution in [0.1, 0.15) is 36.5 Å². The first-order valence-corrected chi connectivity index (χ1v) is 9.44. The Kier molecular flexibility index (Phi) is 6.67. The molecular weight excluding hydrogens is 322 g/mol. The third-order valence-electron chi connectivity index (χ3n) is 5.04. The average Bonchev–Trinajstić information content (AvgIpc) is 3.18. The van der Waals surface area contributed by atoms with Crippen LogP contribution in [0.15, 0.2) is 65.7 Å². The van der Waals surface area contributed by atoms with E-state index in [0.717, 1.165) is 32.1 Å². The molecule has 1 fully saturated rings. The fourth-order valence-electron chi connectivity index (χ4n) is 3.45. The molecule has 26 heavy (non-hydrogen) atoms. The molecule has 1 aliphatic rings. The molecule has 3 atom stereocenters. The number of aliphatic imine (C=N–C) groups is 1. The van der Waals surface area contributed by atoms with Crippen molar-refractivity contribution >= 4 is 5.96 Å². The molecule has 1 heterocycles. The molecule has 0 saturated carbocycles. The zero-order valence-electron chi connectivity index (χ0n) is 15.7.